The van der Waals surface area contributed by atoms with Gasteiger partial charge >= 0.3 is 0 Å². The van der Waals surface area contributed by atoms with Crippen LogP contribution in [0.3, 0.4) is 0 Å². The van der Waals surface area contributed by atoms with E-state index in [2.05, 4.69) is 31.4 Å². The lowest BCUT2D eigenvalue weighted by Crippen LogP contribution is -2.43. The van der Waals surface area contributed by atoms with Crippen LogP contribution >= 0.6 is 0 Å². The number of hydrogen-bond acceptors (Lipinski definition) is 2. The summed E-state index contributed by atoms with van der Waals surface area (Å²) in [4.78, 5) is 0. The van der Waals surface area contributed by atoms with Crippen LogP contribution in [0.1, 0.15) is 111 Å². The molecule has 2 heteroatoms. The fraction of sp³-hybridized carbons (Fsp3) is 1.00. The lowest BCUT2D eigenvalue weighted by molar-refractivity contribution is 0.277. The topological polar surface area (TPSA) is 24.1 Å². The molecular weight excluding hydrogens is 292 g/mol. The second-order valence-corrected chi connectivity index (χ2v) is 8.46. The van der Waals surface area contributed by atoms with Gasteiger partial charge in [-0.25, -0.2) is 0 Å². The van der Waals surface area contributed by atoms with Gasteiger partial charge in [0.2, 0.25) is 0 Å². The van der Waals surface area contributed by atoms with Crippen molar-refractivity contribution in [3.8, 4) is 0 Å². The molecule has 0 bridgehead atoms. The number of unbranched alkanes of at least 4 members (excludes halogenated alkanes) is 6. The van der Waals surface area contributed by atoms with Crippen molar-refractivity contribution in [2.24, 2.45) is 5.92 Å². The van der Waals surface area contributed by atoms with Gasteiger partial charge in [0.15, 0.2) is 0 Å². The monoisotopic (exact) mass is 338 g/mol. The second-order valence-electron chi connectivity index (χ2n) is 8.46. The van der Waals surface area contributed by atoms with Crippen LogP contribution in [0.15, 0.2) is 0 Å². The van der Waals surface area contributed by atoms with Gasteiger partial charge in [0.1, 0.15) is 0 Å². The maximum Gasteiger partial charge on any atom is 0.0153 e. The van der Waals surface area contributed by atoms with Crippen LogP contribution in [0, 0.1) is 5.92 Å². The summed E-state index contributed by atoms with van der Waals surface area (Å²) < 4.78 is 0. The largest absolute Gasteiger partial charge is 0.316 e. The van der Waals surface area contributed by atoms with Crippen LogP contribution in [-0.4, -0.2) is 25.2 Å². The summed E-state index contributed by atoms with van der Waals surface area (Å²) in [5.41, 5.74) is 0.381. The minimum absolute atomic E-state index is 0.381. The molecule has 1 rings (SSSR count). The van der Waals surface area contributed by atoms with Crippen molar-refractivity contribution < 1.29 is 0 Å². The first-order valence-corrected chi connectivity index (χ1v) is 11.2. The molecule has 2 N–H and O–H groups in total. The number of nitrogens with one attached hydrogen (secondary N) is 2. The van der Waals surface area contributed by atoms with E-state index in [0.717, 1.165) is 5.92 Å². The van der Waals surface area contributed by atoms with Crippen LogP contribution in [0.2, 0.25) is 0 Å². The SMILES string of the molecule is CCCCCCC(C)(CCCCCC)NCCCC1CCCNC1. The minimum atomic E-state index is 0.381. The van der Waals surface area contributed by atoms with Gasteiger partial charge in [0.25, 0.3) is 0 Å². The fourth-order valence-corrected chi connectivity index (χ4v) is 4.14. The Balaban J connectivity index is 2.24. The van der Waals surface area contributed by atoms with Crippen LogP contribution in [0.5, 0.6) is 0 Å². The lowest BCUT2D eigenvalue weighted by Gasteiger charge is -2.32. The highest BCUT2D eigenvalue weighted by molar-refractivity contribution is 4.83. The van der Waals surface area contributed by atoms with Crippen molar-refractivity contribution in [1.82, 2.24) is 10.6 Å². The van der Waals surface area contributed by atoms with E-state index in [0.29, 0.717) is 5.54 Å². The number of rotatable bonds is 15. The summed E-state index contributed by atoms with van der Waals surface area (Å²) in [6.45, 7) is 10.8. The van der Waals surface area contributed by atoms with E-state index in [1.807, 2.05) is 0 Å². The molecule has 0 aromatic carbocycles. The highest BCUT2D eigenvalue weighted by Gasteiger charge is 2.22. The molecule has 1 saturated heterocycles. The van der Waals surface area contributed by atoms with Gasteiger partial charge in [-0.3, -0.25) is 0 Å². The second kappa shape index (κ2) is 14.1. The Kier molecular flexibility index (Phi) is 12.9. The van der Waals surface area contributed by atoms with Crippen molar-refractivity contribution in [3.05, 3.63) is 0 Å². The van der Waals surface area contributed by atoms with Gasteiger partial charge < -0.3 is 10.6 Å². The Bertz CT molecular complexity index is 259. The van der Waals surface area contributed by atoms with E-state index in [9.17, 15) is 0 Å². The molecule has 1 aliphatic heterocycles. The summed E-state index contributed by atoms with van der Waals surface area (Å²) in [6.07, 6.45) is 19.4. The molecule has 0 aliphatic carbocycles. The van der Waals surface area contributed by atoms with Crippen molar-refractivity contribution >= 4 is 0 Å². The predicted octanol–water partition coefficient (Wildman–Crippen LogP) is 6.06. The smallest absolute Gasteiger partial charge is 0.0153 e. The standard InChI is InChI=1S/C22H46N2/c1-4-6-8-10-16-22(3,17-11-9-7-5-2)24-19-13-15-21-14-12-18-23-20-21/h21,23-24H,4-20H2,1-3H3. The van der Waals surface area contributed by atoms with E-state index in [-0.39, 0.29) is 0 Å². The first kappa shape index (κ1) is 22.0. The summed E-state index contributed by atoms with van der Waals surface area (Å²) in [7, 11) is 0. The van der Waals surface area contributed by atoms with Gasteiger partial charge in [-0.1, -0.05) is 65.2 Å². The third kappa shape index (κ3) is 10.7. The molecule has 0 amide bonds. The maximum atomic E-state index is 3.97. The van der Waals surface area contributed by atoms with Gasteiger partial charge in [0, 0.05) is 5.54 Å². The zero-order valence-corrected chi connectivity index (χ0v) is 17.1. The Morgan fingerprint density at radius 2 is 1.58 bits per heavy atom. The van der Waals surface area contributed by atoms with Crippen molar-refractivity contribution in [2.45, 2.75) is 116 Å². The van der Waals surface area contributed by atoms with Crippen molar-refractivity contribution in [2.75, 3.05) is 19.6 Å². The van der Waals surface area contributed by atoms with E-state index in [1.54, 1.807) is 0 Å². The van der Waals surface area contributed by atoms with Crippen LogP contribution in [0.4, 0.5) is 0 Å². The van der Waals surface area contributed by atoms with Crippen LogP contribution < -0.4 is 10.6 Å². The Morgan fingerprint density at radius 3 is 2.12 bits per heavy atom. The zero-order valence-electron chi connectivity index (χ0n) is 17.1. The van der Waals surface area contributed by atoms with Gasteiger partial charge in [-0.15, -0.1) is 0 Å². The molecule has 1 heterocycles. The molecule has 1 atom stereocenters. The van der Waals surface area contributed by atoms with E-state index in [4.69, 9.17) is 0 Å². The molecule has 0 aromatic rings. The highest BCUT2D eigenvalue weighted by atomic mass is 15.0. The van der Waals surface area contributed by atoms with Gasteiger partial charge in [-0.05, 0) is 71.0 Å². The molecule has 0 aromatic heterocycles. The average Bonchev–Trinajstić information content (AvgIpc) is 2.61. The molecule has 0 radical (unpaired) electrons. The van der Waals surface area contributed by atoms with Crippen molar-refractivity contribution in [1.29, 1.82) is 0 Å². The number of piperidine rings is 1. The molecular formula is C22H46N2. The van der Waals surface area contributed by atoms with Crippen LogP contribution in [0.25, 0.3) is 0 Å². The molecule has 0 saturated carbocycles. The minimum Gasteiger partial charge on any atom is -0.316 e. The zero-order chi connectivity index (χ0) is 17.5. The third-order valence-corrected chi connectivity index (χ3v) is 5.90. The highest BCUT2D eigenvalue weighted by Crippen LogP contribution is 2.23. The lowest BCUT2D eigenvalue weighted by atomic mass is 9.87. The number of hydrogen-bond donors (Lipinski definition) is 2. The summed E-state index contributed by atoms with van der Waals surface area (Å²) in [6, 6.07) is 0. The summed E-state index contributed by atoms with van der Waals surface area (Å²) >= 11 is 0. The van der Waals surface area contributed by atoms with E-state index >= 15 is 0 Å². The summed E-state index contributed by atoms with van der Waals surface area (Å²) in [5.74, 6) is 0.931. The fourth-order valence-electron chi connectivity index (χ4n) is 4.14. The molecule has 2 nitrogen and oxygen atoms in total. The normalized spacial score (nSPS) is 18.9. The first-order valence-electron chi connectivity index (χ1n) is 11.2. The third-order valence-electron chi connectivity index (χ3n) is 5.90. The predicted molar refractivity (Wildman–Crippen MR) is 109 cm³/mol. The van der Waals surface area contributed by atoms with Crippen molar-refractivity contribution in [3.63, 3.8) is 0 Å². The van der Waals surface area contributed by atoms with Gasteiger partial charge in [-0.2, -0.15) is 0 Å². The van der Waals surface area contributed by atoms with Gasteiger partial charge in [0.05, 0.1) is 0 Å². The molecule has 1 fully saturated rings. The Labute approximate surface area is 152 Å². The Morgan fingerprint density at radius 1 is 0.917 bits per heavy atom. The summed E-state index contributed by atoms with van der Waals surface area (Å²) in [5, 5.41) is 7.52. The quantitative estimate of drug-likeness (QED) is 0.355. The average molecular weight is 339 g/mol. The molecule has 1 aliphatic rings. The Hall–Kier alpha value is -0.0800. The molecule has 24 heavy (non-hydrogen) atoms. The molecule has 1 unspecified atom stereocenters. The maximum absolute atomic E-state index is 3.97. The van der Waals surface area contributed by atoms with E-state index in [1.165, 1.54) is 110 Å². The van der Waals surface area contributed by atoms with E-state index < -0.39 is 0 Å². The molecule has 0 spiro atoms. The first-order chi connectivity index (χ1) is 11.7. The molecule has 144 valence electrons. The van der Waals surface area contributed by atoms with Crippen LogP contribution in [-0.2, 0) is 0 Å².